The highest BCUT2D eigenvalue weighted by atomic mass is 16.3. The second-order valence-electron chi connectivity index (χ2n) is 5.85. The van der Waals surface area contributed by atoms with Crippen molar-refractivity contribution >= 4 is 0 Å². The Morgan fingerprint density at radius 2 is 1.55 bits per heavy atom. The van der Waals surface area contributed by atoms with Gasteiger partial charge >= 0.3 is 0 Å². The first kappa shape index (κ1) is 12.1. The second kappa shape index (κ2) is 4.72. The highest BCUT2D eigenvalue weighted by molar-refractivity contribution is 5.79. The summed E-state index contributed by atoms with van der Waals surface area (Å²) in [4.78, 5) is 0. The van der Waals surface area contributed by atoms with Crippen LogP contribution in [0.25, 0.3) is 11.1 Å². The molecule has 1 fully saturated rings. The van der Waals surface area contributed by atoms with E-state index in [9.17, 15) is 5.11 Å². The summed E-state index contributed by atoms with van der Waals surface area (Å²) >= 11 is 0. The lowest BCUT2D eigenvalue weighted by Crippen LogP contribution is -2.38. The monoisotopic (exact) mass is 265 g/mol. The molecule has 1 aliphatic carbocycles. The third kappa shape index (κ3) is 1.72. The molecule has 0 spiro atoms. The van der Waals surface area contributed by atoms with E-state index in [0.717, 1.165) is 19.4 Å². The quantitative estimate of drug-likeness (QED) is 0.875. The summed E-state index contributed by atoms with van der Waals surface area (Å²) in [5.41, 5.74) is 5.11. The molecule has 2 nitrogen and oxygen atoms in total. The van der Waals surface area contributed by atoms with Crippen molar-refractivity contribution in [1.29, 1.82) is 0 Å². The molecule has 1 saturated heterocycles. The molecule has 2 aromatic carbocycles. The Bertz CT molecular complexity index is 585. The molecule has 2 atom stereocenters. The molecule has 0 saturated carbocycles. The summed E-state index contributed by atoms with van der Waals surface area (Å²) in [7, 11) is 0. The maximum absolute atomic E-state index is 10.9. The number of fused-ring (bicyclic) bond motifs is 3. The minimum atomic E-state index is -0.345. The summed E-state index contributed by atoms with van der Waals surface area (Å²) in [5.74, 6) is 0.109. The topological polar surface area (TPSA) is 32.3 Å². The number of aliphatic hydroxyl groups excluding tert-OH is 1. The van der Waals surface area contributed by atoms with E-state index in [1.807, 2.05) is 0 Å². The number of rotatable bonds is 2. The van der Waals surface area contributed by atoms with Crippen LogP contribution >= 0.6 is 0 Å². The first-order valence-corrected chi connectivity index (χ1v) is 7.46. The van der Waals surface area contributed by atoms with Crippen LogP contribution in [-0.2, 0) is 0 Å². The van der Waals surface area contributed by atoms with Gasteiger partial charge in [-0.15, -0.1) is 0 Å². The zero-order chi connectivity index (χ0) is 13.5. The largest absolute Gasteiger partial charge is 0.391 e. The molecular formula is C18H19NO. The molecule has 0 amide bonds. The van der Waals surface area contributed by atoms with Gasteiger partial charge in [0.2, 0.25) is 0 Å². The maximum Gasteiger partial charge on any atom is 0.0802 e. The fourth-order valence-corrected chi connectivity index (χ4v) is 3.80. The molecular weight excluding hydrogens is 246 g/mol. The molecule has 0 bridgehead atoms. The zero-order valence-electron chi connectivity index (χ0n) is 11.4. The van der Waals surface area contributed by atoms with Crippen molar-refractivity contribution in [2.75, 3.05) is 6.54 Å². The standard InChI is InChI=1S/C18H19NO/c20-18(16-10-5-11-19-16)17-14-8-3-1-6-12(14)13-7-2-4-9-15(13)17/h1-4,6-9,16-20H,5,10-11H2/t16?,18-/m0/s1. The predicted molar refractivity (Wildman–Crippen MR) is 80.8 cm³/mol. The third-order valence-electron chi connectivity index (χ3n) is 4.73. The van der Waals surface area contributed by atoms with Crippen molar-refractivity contribution in [3.63, 3.8) is 0 Å². The van der Waals surface area contributed by atoms with E-state index < -0.39 is 0 Å². The van der Waals surface area contributed by atoms with E-state index in [1.165, 1.54) is 22.3 Å². The van der Waals surface area contributed by atoms with Crippen molar-refractivity contribution in [2.45, 2.75) is 30.9 Å². The van der Waals surface area contributed by atoms with Gasteiger partial charge in [0.15, 0.2) is 0 Å². The van der Waals surface area contributed by atoms with Gasteiger partial charge in [-0.05, 0) is 41.6 Å². The fraction of sp³-hybridized carbons (Fsp3) is 0.333. The van der Waals surface area contributed by atoms with Crippen LogP contribution in [0.2, 0.25) is 0 Å². The van der Waals surface area contributed by atoms with Gasteiger partial charge in [-0.1, -0.05) is 48.5 Å². The lowest BCUT2D eigenvalue weighted by atomic mass is 9.87. The van der Waals surface area contributed by atoms with Gasteiger partial charge in [-0.2, -0.15) is 0 Å². The van der Waals surface area contributed by atoms with Gasteiger partial charge in [-0.3, -0.25) is 0 Å². The summed E-state index contributed by atoms with van der Waals surface area (Å²) in [6, 6.07) is 17.2. The number of hydrogen-bond donors (Lipinski definition) is 2. The molecule has 102 valence electrons. The van der Waals surface area contributed by atoms with Crippen LogP contribution < -0.4 is 5.32 Å². The van der Waals surface area contributed by atoms with Crippen LogP contribution in [-0.4, -0.2) is 23.8 Å². The number of benzene rings is 2. The molecule has 1 unspecified atom stereocenters. The smallest absolute Gasteiger partial charge is 0.0802 e. The molecule has 2 heteroatoms. The Balaban J connectivity index is 1.82. The van der Waals surface area contributed by atoms with Gasteiger partial charge in [0.1, 0.15) is 0 Å². The number of aliphatic hydroxyl groups is 1. The first-order valence-electron chi connectivity index (χ1n) is 7.46. The Morgan fingerprint density at radius 1 is 0.950 bits per heavy atom. The van der Waals surface area contributed by atoms with E-state index in [4.69, 9.17) is 0 Å². The maximum atomic E-state index is 10.9. The fourth-order valence-electron chi connectivity index (χ4n) is 3.80. The van der Waals surface area contributed by atoms with E-state index in [1.54, 1.807) is 0 Å². The van der Waals surface area contributed by atoms with Crippen LogP contribution in [0.5, 0.6) is 0 Å². The summed E-state index contributed by atoms with van der Waals surface area (Å²) in [6.07, 6.45) is 1.89. The SMILES string of the molecule is O[C@@H](C1CCCN1)C1c2ccccc2-c2ccccc21. The molecule has 2 aliphatic rings. The molecule has 0 radical (unpaired) electrons. The molecule has 2 aromatic rings. The second-order valence-corrected chi connectivity index (χ2v) is 5.85. The predicted octanol–water partition coefficient (Wildman–Crippen LogP) is 2.91. The average molecular weight is 265 g/mol. The number of hydrogen-bond acceptors (Lipinski definition) is 2. The lowest BCUT2D eigenvalue weighted by molar-refractivity contribution is 0.120. The third-order valence-corrected chi connectivity index (χ3v) is 4.73. The first-order chi connectivity index (χ1) is 9.86. The van der Waals surface area contributed by atoms with Crippen molar-refractivity contribution in [3.05, 3.63) is 59.7 Å². The van der Waals surface area contributed by atoms with Gasteiger partial charge < -0.3 is 10.4 Å². The van der Waals surface area contributed by atoms with Crippen molar-refractivity contribution < 1.29 is 5.11 Å². The van der Waals surface area contributed by atoms with Gasteiger partial charge in [0.05, 0.1) is 6.10 Å². The van der Waals surface area contributed by atoms with Crippen LogP contribution in [0.3, 0.4) is 0 Å². The Labute approximate surface area is 119 Å². The Hall–Kier alpha value is -1.64. The van der Waals surface area contributed by atoms with E-state index >= 15 is 0 Å². The molecule has 1 aliphatic heterocycles. The van der Waals surface area contributed by atoms with Crippen molar-refractivity contribution in [2.24, 2.45) is 0 Å². The van der Waals surface area contributed by atoms with E-state index in [2.05, 4.69) is 53.8 Å². The van der Waals surface area contributed by atoms with Gasteiger partial charge in [-0.25, -0.2) is 0 Å². The van der Waals surface area contributed by atoms with E-state index in [0.29, 0.717) is 0 Å². The van der Waals surface area contributed by atoms with Crippen molar-refractivity contribution in [3.8, 4) is 11.1 Å². The molecule has 0 aromatic heterocycles. The minimum absolute atomic E-state index is 0.109. The zero-order valence-corrected chi connectivity index (χ0v) is 11.4. The number of nitrogens with one attached hydrogen (secondary N) is 1. The molecule has 4 rings (SSSR count). The van der Waals surface area contributed by atoms with Gasteiger partial charge in [0, 0.05) is 12.0 Å². The van der Waals surface area contributed by atoms with Crippen LogP contribution in [0.15, 0.2) is 48.5 Å². The van der Waals surface area contributed by atoms with Crippen LogP contribution in [0, 0.1) is 0 Å². The van der Waals surface area contributed by atoms with E-state index in [-0.39, 0.29) is 18.1 Å². The Kier molecular flexibility index (Phi) is 2.86. The normalized spacial score (nSPS) is 22.6. The highest BCUT2D eigenvalue weighted by Gasteiger charge is 2.37. The minimum Gasteiger partial charge on any atom is -0.391 e. The molecule has 20 heavy (non-hydrogen) atoms. The average Bonchev–Trinajstić information content (AvgIpc) is 3.13. The highest BCUT2D eigenvalue weighted by Crippen LogP contribution is 2.47. The molecule has 1 heterocycles. The summed E-state index contributed by atoms with van der Waals surface area (Å²) in [5, 5.41) is 14.3. The summed E-state index contributed by atoms with van der Waals surface area (Å²) < 4.78 is 0. The summed E-state index contributed by atoms with van der Waals surface area (Å²) in [6.45, 7) is 1.03. The Morgan fingerprint density at radius 3 is 2.10 bits per heavy atom. The van der Waals surface area contributed by atoms with Crippen molar-refractivity contribution in [1.82, 2.24) is 5.32 Å². The van der Waals surface area contributed by atoms with Gasteiger partial charge in [0.25, 0.3) is 0 Å². The lowest BCUT2D eigenvalue weighted by Gasteiger charge is -2.26. The van der Waals surface area contributed by atoms with Crippen LogP contribution in [0.4, 0.5) is 0 Å². The van der Waals surface area contributed by atoms with Crippen LogP contribution in [0.1, 0.15) is 29.9 Å². The molecule has 2 N–H and O–H groups in total.